The van der Waals surface area contributed by atoms with Crippen LogP contribution in [0.4, 0.5) is 5.95 Å². The van der Waals surface area contributed by atoms with Gasteiger partial charge in [-0.15, -0.1) is 0 Å². The molecule has 5 heteroatoms. The number of aromatic nitrogens is 2. The van der Waals surface area contributed by atoms with Gasteiger partial charge in [0.15, 0.2) is 0 Å². The molecule has 0 aliphatic carbocycles. The maximum Gasteiger partial charge on any atom is 0.200 e. The minimum atomic E-state index is 0.260. The lowest BCUT2D eigenvalue weighted by molar-refractivity contribution is 0.292. The van der Waals surface area contributed by atoms with Gasteiger partial charge in [-0.05, 0) is 38.1 Å². The molecule has 0 radical (unpaired) electrons. The summed E-state index contributed by atoms with van der Waals surface area (Å²) in [6.45, 7) is 4.55. The number of hydrogen-bond donors (Lipinski definition) is 1. The van der Waals surface area contributed by atoms with Crippen molar-refractivity contribution in [3.63, 3.8) is 0 Å². The van der Waals surface area contributed by atoms with Gasteiger partial charge in [0.1, 0.15) is 12.4 Å². The third-order valence-corrected chi connectivity index (χ3v) is 2.87. The van der Waals surface area contributed by atoms with Crippen LogP contribution < -0.4 is 10.5 Å². The summed E-state index contributed by atoms with van der Waals surface area (Å²) < 4.78 is 7.63. The largest absolute Gasteiger partial charge is 0.487 e. The summed E-state index contributed by atoms with van der Waals surface area (Å²) in [4.78, 5) is 4.10. The topological polar surface area (TPSA) is 53.1 Å². The lowest BCUT2D eigenvalue weighted by Gasteiger charge is -2.14. The van der Waals surface area contributed by atoms with E-state index >= 15 is 0 Å². The fourth-order valence-electron chi connectivity index (χ4n) is 1.80. The van der Waals surface area contributed by atoms with E-state index in [1.165, 1.54) is 0 Å². The highest BCUT2D eigenvalue weighted by atomic mass is 35.5. The maximum atomic E-state index is 5.81. The van der Waals surface area contributed by atoms with E-state index in [1.807, 2.05) is 16.7 Å². The van der Waals surface area contributed by atoms with E-state index in [0.717, 1.165) is 11.4 Å². The molecule has 0 atom stereocenters. The van der Waals surface area contributed by atoms with Crippen LogP contribution in [0.25, 0.3) is 0 Å². The lowest BCUT2D eigenvalue weighted by Crippen LogP contribution is -2.11. The number of anilines is 1. The Hall–Kier alpha value is -1.68. The van der Waals surface area contributed by atoms with Crippen molar-refractivity contribution in [2.24, 2.45) is 0 Å². The van der Waals surface area contributed by atoms with Gasteiger partial charge >= 0.3 is 0 Å². The predicted molar refractivity (Wildman–Crippen MR) is 72.8 cm³/mol. The number of ether oxygens (including phenoxy) is 1. The first-order valence-corrected chi connectivity index (χ1v) is 6.15. The second-order valence-corrected chi connectivity index (χ2v) is 4.75. The SMILES string of the molecule is CC(C)n1c(COc2ccc(Cl)cc2)cnc1N. The van der Waals surface area contributed by atoms with Gasteiger partial charge in [0, 0.05) is 11.1 Å². The lowest BCUT2D eigenvalue weighted by atomic mass is 10.3. The zero-order valence-corrected chi connectivity index (χ0v) is 11.2. The normalized spacial score (nSPS) is 10.9. The summed E-state index contributed by atoms with van der Waals surface area (Å²) >= 11 is 5.81. The Labute approximate surface area is 111 Å². The van der Waals surface area contributed by atoms with Crippen LogP contribution in [0.3, 0.4) is 0 Å². The van der Waals surface area contributed by atoms with Crippen LogP contribution >= 0.6 is 11.6 Å². The Morgan fingerprint density at radius 2 is 2.00 bits per heavy atom. The van der Waals surface area contributed by atoms with E-state index < -0.39 is 0 Å². The van der Waals surface area contributed by atoms with Crippen LogP contribution in [0.15, 0.2) is 30.5 Å². The molecule has 0 aliphatic heterocycles. The minimum absolute atomic E-state index is 0.260. The van der Waals surface area contributed by atoms with Crippen molar-refractivity contribution >= 4 is 17.5 Å². The van der Waals surface area contributed by atoms with Crippen molar-refractivity contribution in [3.05, 3.63) is 41.2 Å². The van der Waals surface area contributed by atoms with Crippen LogP contribution in [0.1, 0.15) is 25.6 Å². The van der Waals surface area contributed by atoms with Crippen molar-refractivity contribution in [1.29, 1.82) is 0 Å². The molecule has 1 heterocycles. The molecule has 1 aromatic heterocycles. The van der Waals surface area contributed by atoms with Gasteiger partial charge in [-0.3, -0.25) is 0 Å². The molecule has 4 nitrogen and oxygen atoms in total. The molecule has 2 N–H and O–H groups in total. The van der Waals surface area contributed by atoms with Gasteiger partial charge in [-0.2, -0.15) is 0 Å². The van der Waals surface area contributed by atoms with Crippen LogP contribution in [-0.4, -0.2) is 9.55 Å². The fraction of sp³-hybridized carbons (Fsp3) is 0.308. The quantitative estimate of drug-likeness (QED) is 0.923. The Bertz CT molecular complexity index is 520. The summed E-state index contributed by atoms with van der Waals surface area (Å²) in [7, 11) is 0. The average Bonchev–Trinajstić information content (AvgIpc) is 2.70. The highest BCUT2D eigenvalue weighted by molar-refractivity contribution is 6.30. The summed E-state index contributed by atoms with van der Waals surface area (Å²) in [5, 5.41) is 0.693. The van der Waals surface area contributed by atoms with E-state index in [0.29, 0.717) is 17.6 Å². The highest BCUT2D eigenvalue weighted by Gasteiger charge is 2.10. The van der Waals surface area contributed by atoms with Crippen molar-refractivity contribution < 1.29 is 4.74 Å². The molecule has 18 heavy (non-hydrogen) atoms. The minimum Gasteiger partial charge on any atom is -0.487 e. The van der Waals surface area contributed by atoms with Crippen molar-refractivity contribution in [2.75, 3.05) is 5.73 Å². The first-order chi connectivity index (χ1) is 8.58. The Kier molecular flexibility index (Phi) is 3.77. The van der Waals surface area contributed by atoms with Crippen molar-refractivity contribution in [3.8, 4) is 5.75 Å². The third kappa shape index (κ3) is 2.76. The molecule has 0 aliphatic rings. The highest BCUT2D eigenvalue weighted by Crippen LogP contribution is 2.19. The number of halogens is 1. The van der Waals surface area contributed by atoms with E-state index in [4.69, 9.17) is 22.1 Å². The number of nitrogen functional groups attached to an aromatic ring is 1. The molecule has 96 valence electrons. The monoisotopic (exact) mass is 265 g/mol. The van der Waals surface area contributed by atoms with E-state index in [-0.39, 0.29) is 6.04 Å². The molecule has 2 rings (SSSR count). The summed E-state index contributed by atoms with van der Waals surface area (Å²) in [6.07, 6.45) is 1.74. The smallest absolute Gasteiger partial charge is 0.200 e. The average molecular weight is 266 g/mol. The van der Waals surface area contributed by atoms with Gasteiger partial charge in [-0.1, -0.05) is 11.6 Å². The molecule has 0 amide bonds. The molecule has 0 spiro atoms. The van der Waals surface area contributed by atoms with Crippen LogP contribution in [0, 0.1) is 0 Å². The zero-order valence-electron chi connectivity index (χ0n) is 10.4. The van der Waals surface area contributed by atoms with Gasteiger partial charge in [0.05, 0.1) is 11.9 Å². The first kappa shape index (κ1) is 12.8. The zero-order chi connectivity index (χ0) is 13.1. The van der Waals surface area contributed by atoms with Crippen LogP contribution in [0.2, 0.25) is 5.02 Å². The standard InChI is InChI=1S/C13H16ClN3O/c1-9(2)17-11(7-16-13(17)15)8-18-12-5-3-10(14)4-6-12/h3-7,9H,8H2,1-2H3,(H2,15,16). The molecule has 0 saturated carbocycles. The molecule has 1 aromatic carbocycles. The number of nitrogens with zero attached hydrogens (tertiary/aromatic N) is 2. The second kappa shape index (κ2) is 5.31. The Balaban J connectivity index is 2.08. The summed E-state index contributed by atoms with van der Waals surface area (Å²) in [6, 6.07) is 7.52. The van der Waals surface area contributed by atoms with E-state index in [9.17, 15) is 0 Å². The van der Waals surface area contributed by atoms with Gasteiger partial charge < -0.3 is 15.0 Å². The second-order valence-electron chi connectivity index (χ2n) is 4.31. The molecule has 2 aromatic rings. The van der Waals surface area contributed by atoms with Gasteiger partial charge in [0.2, 0.25) is 5.95 Å². The van der Waals surface area contributed by atoms with Crippen molar-refractivity contribution in [1.82, 2.24) is 9.55 Å². The molecule has 0 fully saturated rings. The first-order valence-electron chi connectivity index (χ1n) is 5.78. The van der Waals surface area contributed by atoms with Gasteiger partial charge in [0.25, 0.3) is 0 Å². The summed E-state index contributed by atoms with van der Waals surface area (Å²) in [5.41, 5.74) is 6.77. The molecular formula is C13H16ClN3O. The molecule has 0 unspecified atom stereocenters. The molecular weight excluding hydrogens is 250 g/mol. The number of hydrogen-bond acceptors (Lipinski definition) is 3. The third-order valence-electron chi connectivity index (χ3n) is 2.62. The predicted octanol–water partition coefficient (Wildman–Crippen LogP) is 3.28. The Morgan fingerprint density at radius 1 is 1.33 bits per heavy atom. The van der Waals surface area contributed by atoms with Gasteiger partial charge in [-0.25, -0.2) is 4.98 Å². The van der Waals surface area contributed by atoms with Crippen LogP contribution in [-0.2, 0) is 6.61 Å². The molecule has 0 saturated heterocycles. The Morgan fingerprint density at radius 3 is 2.61 bits per heavy atom. The number of imidazole rings is 1. The molecule has 0 bridgehead atoms. The van der Waals surface area contributed by atoms with Crippen molar-refractivity contribution in [2.45, 2.75) is 26.5 Å². The number of nitrogens with two attached hydrogens (primary N) is 1. The number of benzene rings is 1. The maximum absolute atomic E-state index is 5.81. The van der Waals surface area contributed by atoms with Crippen LogP contribution in [0.5, 0.6) is 5.75 Å². The van der Waals surface area contributed by atoms with E-state index in [1.54, 1.807) is 18.3 Å². The number of rotatable bonds is 4. The fourth-order valence-corrected chi connectivity index (χ4v) is 1.93. The summed E-state index contributed by atoms with van der Waals surface area (Å²) in [5.74, 6) is 1.29. The van der Waals surface area contributed by atoms with E-state index in [2.05, 4.69) is 18.8 Å².